The SMILES string of the molecule is CC.CCC1(c2ccc(NC(=O)Cc3cc(C)c4nc(Nc5ccccc5C)oc4c3)cc2)CCOCC1. The Morgan fingerprint density at radius 2 is 1.68 bits per heavy atom. The maximum absolute atomic E-state index is 12.8. The van der Waals surface area contributed by atoms with E-state index in [1.807, 2.05) is 76.2 Å². The van der Waals surface area contributed by atoms with Gasteiger partial charge in [0, 0.05) is 24.6 Å². The quantitative estimate of drug-likeness (QED) is 0.263. The maximum Gasteiger partial charge on any atom is 0.300 e. The zero-order valence-corrected chi connectivity index (χ0v) is 23.2. The first kappa shape index (κ1) is 27.4. The summed E-state index contributed by atoms with van der Waals surface area (Å²) in [5, 5.41) is 6.29. The van der Waals surface area contributed by atoms with Crippen LogP contribution in [0.5, 0.6) is 0 Å². The van der Waals surface area contributed by atoms with Gasteiger partial charge in [0.1, 0.15) is 5.52 Å². The fourth-order valence-corrected chi connectivity index (χ4v) is 5.16. The number of amides is 1. The van der Waals surface area contributed by atoms with E-state index in [9.17, 15) is 4.79 Å². The lowest BCUT2D eigenvalue weighted by atomic mass is 9.72. The number of aryl methyl sites for hydroxylation is 2. The van der Waals surface area contributed by atoms with Crippen LogP contribution in [0, 0.1) is 13.8 Å². The minimum atomic E-state index is -0.0597. The van der Waals surface area contributed by atoms with Crippen LogP contribution in [0.4, 0.5) is 17.4 Å². The van der Waals surface area contributed by atoms with Crippen LogP contribution >= 0.6 is 0 Å². The van der Waals surface area contributed by atoms with Crippen LogP contribution in [-0.2, 0) is 21.4 Å². The predicted molar refractivity (Wildman–Crippen MR) is 155 cm³/mol. The van der Waals surface area contributed by atoms with Crippen molar-refractivity contribution in [3.8, 4) is 0 Å². The summed E-state index contributed by atoms with van der Waals surface area (Å²) in [4.78, 5) is 17.4. The van der Waals surface area contributed by atoms with Crippen molar-refractivity contribution in [2.75, 3.05) is 23.8 Å². The number of nitrogens with one attached hydrogen (secondary N) is 2. The number of anilines is 3. The second-order valence-electron chi connectivity index (χ2n) is 9.77. The molecule has 6 heteroatoms. The predicted octanol–water partition coefficient (Wildman–Crippen LogP) is 7.85. The number of benzene rings is 3. The Morgan fingerprint density at radius 3 is 2.37 bits per heavy atom. The number of fused-ring (bicyclic) bond motifs is 1. The molecule has 1 aromatic heterocycles. The fourth-order valence-electron chi connectivity index (χ4n) is 5.16. The van der Waals surface area contributed by atoms with Crippen LogP contribution in [0.25, 0.3) is 11.1 Å². The standard InChI is InChI=1S/C30H33N3O3.C2H6/c1-4-30(13-15-35-16-14-30)23-9-11-24(12-10-23)31-27(34)19-22-17-21(3)28-26(18-22)36-29(33-28)32-25-8-6-5-7-20(25)2;1-2/h5-12,17-18H,4,13-16,19H2,1-3H3,(H,31,34)(H,32,33);1-2H3. The van der Waals surface area contributed by atoms with Gasteiger partial charge >= 0.3 is 0 Å². The molecule has 200 valence electrons. The Balaban J connectivity index is 0.00000164. The zero-order valence-electron chi connectivity index (χ0n) is 23.2. The van der Waals surface area contributed by atoms with E-state index in [1.165, 1.54) is 5.56 Å². The molecule has 1 saturated heterocycles. The number of nitrogens with zero attached hydrogens (tertiary/aromatic N) is 1. The second kappa shape index (κ2) is 12.3. The van der Waals surface area contributed by atoms with Crippen molar-refractivity contribution < 1.29 is 13.9 Å². The Kier molecular flexibility index (Phi) is 8.85. The van der Waals surface area contributed by atoms with E-state index in [0.29, 0.717) is 11.6 Å². The third-order valence-electron chi connectivity index (χ3n) is 7.40. The third-order valence-corrected chi connectivity index (χ3v) is 7.40. The van der Waals surface area contributed by atoms with Crippen molar-refractivity contribution >= 4 is 34.4 Å². The van der Waals surface area contributed by atoms with Gasteiger partial charge < -0.3 is 19.8 Å². The van der Waals surface area contributed by atoms with Crippen LogP contribution in [-0.4, -0.2) is 24.1 Å². The molecule has 1 fully saturated rings. The van der Waals surface area contributed by atoms with Gasteiger partial charge in [-0.2, -0.15) is 4.98 Å². The van der Waals surface area contributed by atoms with Gasteiger partial charge in [0.2, 0.25) is 5.91 Å². The Bertz CT molecular complexity index is 1370. The number of carbonyl (C=O) groups excluding carboxylic acids is 1. The van der Waals surface area contributed by atoms with Gasteiger partial charge in [-0.15, -0.1) is 0 Å². The zero-order chi connectivity index (χ0) is 27.1. The van der Waals surface area contributed by atoms with Crippen LogP contribution in [0.15, 0.2) is 65.1 Å². The van der Waals surface area contributed by atoms with Gasteiger partial charge in [0.25, 0.3) is 6.01 Å². The number of hydrogen-bond acceptors (Lipinski definition) is 5. The van der Waals surface area contributed by atoms with Crippen molar-refractivity contribution in [1.82, 2.24) is 4.98 Å². The van der Waals surface area contributed by atoms with E-state index >= 15 is 0 Å². The summed E-state index contributed by atoms with van der Waals surface area (Å²) < 4.78 is 11.6. The highest BCUT2D eigenvalue weighted by atomic mass is 16.5. The topological polar surface area (TPSA) is 76.4 Å². The molecule has 0 radical (unpaired) electrons. The molecule has 0 atom stereocenters. The van der Waals surface area contributed by atoms with Gasteiger partial charge in [-0.25, -0.2) is 0 Å². The molecule has 38 heavy (non-hydrogen) atoms. The molecule has 2 N–H and O–H groups in total. The number of hydrogen-bond donors (Lipinski definition) is 2. The normalized spacial score (nSPS) is 14.4. The van der Waals surface area contributed by atoms with Gasteiger partial charge in [-0.1, -0.05) is 57.2 Å². The highest BCUT2D eigenvalue weighted by Gasteiger charge is 2.32. The number of rotatable bonds is 7. The maximum atomic E-state index is 12.8. The minimum absolute atomic E-state index is 0.0597. The number of carbonyl (C=O) groups is 1. The van der Waals surface area contributed by atoms with Gasteiger partial charge in [-0.3, -0.25) is 4.79 Å². The summed E-state index contributed by atoms with van der Waals surface area (Å²) in [6.07, 6.45) is 3.44. The van der Waals surface area contributed by atoms with Crippen molar-refractivity contribution in [2.45, 2.75) is 65.7 Å². The molecule has 3 aromatic carbocycles. The van der Waals surface area contributed by atoms with Gasteiger partial charge in [0.05, 0.1) is 6.42 Å². The molecule has 0 saturated carbocycles. The molecule has 5 rings (SSSR count). The number of oxazole rings is 1. The summed E-state index contributed by atoms with van der Waals surface area (Å²) in [6.45, 7) is 11.9. The van der Waals surface area contributed by atoms with Crippen LogP contribution in [0.1, 0.15) is 62.3 Å². The molecule has 0 aliphatic carbocycles. The minimum Gasteiger partial charge on any atom is -0.423 e. The molecule has 1 aliphatic rings. The third kappa shape index (κ3) is 6.08. The summed E-state index contributed by atoms with van der Waals surface area (Å²) in [6, 6.07) is 20.7. The molecule has 2 heterocycles. The summed E-state index contributed by atoms with van der Waals surface area (Å²) >= 11 is 0. The van der Waals surface area contributed by atoms with Crippen LogP contribution < -0.4 is 10.6 Å². The Morgan fingerprint density at radius 1 is 0.974 bits per heavy atom. The fraction of sp³-hybridized carbons (Fsp3) is 0.375. The monoisotopic (exact) mass is 513 g/mol. The summed E-state index contributed by atoms with van der Waals surface area (Å²) in [5.41, 5.74) is 7.70. The average molecular weight is 514 g/mol. The lowest BCUT2D eigenvalue weighted by Crippen LogP contribution is -2.33. The number of aromatic nitrogens is 1. The lowest BCUT2D eigenvalue weighted by Gasteiger charge is -2.37. The van der Waals surface area contributed by atoms with Crippen molar-refractivity contribution in [1.29, 1.82) is 0 Å². The lowest BCUT2D eigenvalue weighted by molar-refractivity contribution is -0.115. The second-order valence-corrected chi connectivity index (χ2v) is 9.77. The molecule has 0 bridgehead atoms. The molecular weight excluding hydrogens is 474 g/mol. The molecule has 1 aliphatic heterocycles. The van der Waals surface area contributed by atoms with Crippen LogP contribution in [0.2, 0.25) is 0 Å². The molecule has 0 unspecified atom stereocenters. The van der Waals surface area contributed by atoms with Gasteiger partial charge in [-0.05, 0) is 85.0 Å². The number of ether oxygens (including phenoxy) is 1. The van der Waals surface area contributed by atoms with Gasteiger partial charge in [0.15, 0.2) is 5.58 Å². The Hall–Kier alpha value is -3.64. The molecule has 4 aromatic rings. The smallest absolute Gasteiger partial charge is 0.300 e. The molecular formula is C32H39N3O3. The Labute approximate surface area is 225 Å². The van der Waals surface area contributed by atoms with E-state index in [4.69, 9.17) is 9.15 Å². The van der Waals surface area contributed by atoms with Crippen molar-refractivity contribution in [3.63, 3.8) is 0 Å². The molecule has 6 nitrogen and oxygen atoms in total. The molecule has 0 spiro atoms. The summed E-state index contributed by atoms with van der Waals surface area (Å²) in [7, 11) is 0. The van der Waals surface area contributed by atoms with Crippen molar-refractivity contribution in [3.05, 3.63) is 82.9 Å². The van der Waals surface area contributed by atoms with E-state index in [-0.39, 0.29) is 17.7 Å². The van der Waals surface area contributed by atoms with E-state index < -0.39 is 0 Å². The van der Waals surface area contributed by atoms with Crippen LogP contribution in [0.3, 0.4) is 0 Å². The van der Waals surface area contributed by atoms with E-state index in [2.05, 4.69) is 34.7 Å². The highest BCUT2D eigenvalue weighted by molar-refractivity contribution is 5.93. The first-order valence-corrected chi connectivity index (χ1v) is 13.7. The largest absolute Gasteiger partial charge is 0.423 e. The van der Waals surface area contributed by atoms with E-state index in [1.54, 1.807) is 0 Å². The first-order valence-electron chi connectivity index (χ1n) is 13.7. The average Bonchev–Trinajstić information content (AvgIpc) is 3.35. The van der Waals surface area contributed by atoms with Crippen molar-refractivity contribution in [2.24, 2.45) is 0 Å². The molecule has 1 amide bonds. The van der Waals surface area contributed by atoms with E-state index in [0.717, 1.165) is 66.1 Å². The number of para-hydroxylation sites is 1. The first-order chi connectivity index (χ1) is 18.5. The highest BCUT2D eigenvalue weighted by Crippen LogP contribution is 2.38. The summed E-state index contributed by atoms with van der Waals surface area (Å²) in [5.74, 6) is -0.0597.